The lowest BCUT2D eigenvalue weighted by molar-refractivity contribution is -0.149. The molecule has 3 saturated heterocycles. The van der Waals surface area contributed by atoms with Crippen LogP contribution >= 0.6 is 0 Å². The number of hydrogen-bond acceptors (Lipinski definition) is 20. The Hall–Kier alpha value is -5.83. The molecule has 458 valence electrons. The third kappa shape index (κ3) is 19.4. The van der Waals surface area contributed by atoms with Crippen molar-refractivity contribution in [3.05, 3.63) is 23.8 Å². The van der Waals surface area contributed by atoms with E-state index in [0.29, 0.717) is 40.5 Å². The number of aliphatic hydroxyl groups is 8. The van der Waals surface area contributed by atoms with Gasteiger partial charge in [0.1, 0.15) is 54.6 Å². The number of nitrogens with two attached hydrogens (primary N) is 1. The van der Waals surface area contributed by atoms with Crippen LogP contribution in [0.2, 0.25) is 0 Å². The van der Waals surface area contributed by atoms with Crippen molar-refractivity contribution >= 4 is 57.7 Å². The van der Waals surface area contributed by atoms with Gasteiger partial charge in [0.05, 0.1) is 30.8 Å². The summed E-state index contributed by atoms with van der Waals surface area (Å²) in [6.45, 7) is 7.86. The Labute approximate surface area is 469 Å². The number of carbonyl (C=O) groups is 8. The van der Waals surface area contributed by atoms with Crippen molar-refractivity contribution < 1.29 is 101 Å². The fourth-order valence-electron chi connectivity index (χ4n) is 10.2. The van der Waals surface area contributed by atoms with Crippen LogP contribution in [-0.2, 0) is 48.8 Å². The Balaban J connectivity index is 1.75. The van der Waals surface area contributed by atoms with Gasteiger partial charge in [-0.1, -0.05) is 78.7 Å². The van der Waals surface area contributed by atoms with E-state index in [-0.39, 0.29) is 6.42 Å². The van der Waals surface area contributed by atoms with Gasteiger partial charge in [-0.05, 0) is 49.3 Å². The van der Waals surface area contributed by atoms with Crippen LogP contribution < -0.4 is 36.5 Å². The quantitative estimate of drug-likeness (QED) is 0.0390. The molecule has 0 bridgehead atoms. The van der Waals surface area contributed by atoms with Gasteiger partial charge < -0.3 is 92.3 Å². The minimum Gasteiger partial charge on any atom is -0.504 e. The Morgan fingerprint density at radius 3 is 2.00 bits per heavy atom. The van der Waals surface area contributed by atoms with Crippen molar-refractivity contribution in [3.63, 3.8) is 0 Å². The first kappa shape index (κ1) is 67.7. The van der Waals surface area contributed by atoms with Gasteiger partial charge in [-0.15, -0.1) is 0 Å². The fourth-order valence-corrected chi connectivity index (χ4v) is 10.6. The standard InChI is InChI=1S/C51H82N8O21S/c1-6-24(2)17-25(3)13-11-9-7-8-10-12-14-37(66)53-30-20-34(64)47(72)57-49(74)41-42(67)26(4)22-59(41)51(76)39(33(63)21-36(52)65)55-48(73)40(44(69)43(68)28-15-16-32(62)35(18-28)80-81(77,78)79)56-46(71)31-19-29(61)23-58(31)50(75)38(27(5)60)54-45(30)70/h15-16,18,24-27,29-31,33-34,38-44,47,60-64,67-69,72H,6-14,17,19-23H2,1-5H3,(H2,52,65)(H,53,66)(H,54,70)(H,55,73)(H,56,71)(H,57,74)(H,77,78,79)/t24-,25-,26-,27+,29+,30-,31-,33+,34+,38-,39-,40+,41-,42-,43+,44-,47+/m0/s1. The Morgan fingerprint density at radius 1 is 0.778 bits per heavy atom. The van der Waals surface area contributed by atoms with Crippen LogP contribution in [0, 0.1) is 17.8 Å². The number of benzene rings is 1. The van der Waals surface area contributed by atoms with E-state index >= 15 is 0 Å². The number of nitrogens with zero attached hydrogens (tertiary/aromatic N) is 2. The van der Waals surface area contributed by atoms with Gasteiger partial charge in [-0.3, -0.25) is 42.9 Å². The molecule has 0 saturated carbocycles. The molecule has 0 aromatic heterocycles. The molecule has 29 nitrogen and oxygen atoms in total. The Morgan fingerprint density at radius 2 is 1.38 bits per heavy atom. The topological polar surface area (TPSA) is 475 Å². The Bertz CT molecular complexity index is 2470. The van der Waals surface area contributed by atoms with Crippen LogP contribution in [0.5, 0.6) is 11.5 Å². The fraction of sp³-hybridized carbons (Fsp3) is 0.725. The molecule has 0 aliphatic carbocycles. The third-order valence-corrected chi connectivity index (χ3v) is 15.3. The molecule has 0 radical (unpaired) electrons. The summed E-state index contributed by atoms with van der Waals surface area (Å²) < 4.78 is 36.6. The second-order valence-corrected chi connectivity index (χ2v) is 22.8. The van der Waals surface area contributed by atoms with Crippen molar-refractivity contribution in [2.75, 3.05) is 13.1 Å². The molecule has 30 heteroatoms. The zero-order valence-corrected chi connectivity index (χ0v) is 46.8. The summed E-state index contributed by atoms with van der Waals surface area (Å²) >= 11 is 0. The molecule has 17 N–H and O–H groups in total. The lowest BCUT2D eigenvalue weighted by atomic mass is 9.91. The smallest absolute Gasteiger partial charge is 0.446 e. The minimum atomic E-state index is -5.33. The summed E-state index contributed by atoms with van der Waals surface area (Å²) in [5.41, 5.74) is 4.75. The van der Waals surface area contributed by atoms with Crippen LogP contribution in [0.3, 0.4) is 0 Å². The number of carbonyl (C=O) groups excluding carboxylic acids is 8. The number of primary amides is 1. The molecule has 0 spiro atoms. The monoisotopic (exact) mass is 1170 g/mol. The van der Waals surface area contributed by atoms with Crippen LogP contribution in [0.1, 0.15) is 130 Å². The zero-order valence-electron chi connectivity index (χ0n) is 46.0. The normalized spacial score (nSPS) is 28.8. The van der Waals surface area contributed by atoms with Crippen molar-refractivity contribution in [1.29, 1.82) is 0 Å². The van der Waals surface area contributed by atoms with Gasteiger partial charge in [-0.2, -0.15) is 8.42 Å². The van der Waals surface area contributed by atoms with Crippen LogP contribution in [0.4, 0.5) is 0 Å². The van der Waals surface area contributed by atoms with Gasteiger partial charge in [0, 0.05) is 38.3 Å². The number of aromatic hydroxyl groups is 1. The van der Waals surface area contributed by atoms with Crippen LogP contribution in [-0.4, -0.2) is 208 Å². The second kappa shape index (κ2) is 30.5. The third-order valence-electron chi connectivity index (χ3n) is 15.0. The number of fused-ring (bicyclic) bond motifs is 2. The molecule has 1 aromatic rings. The number of nitrogens with one attached hydrogen (secondary N) is 5. The Kier molecular flexibility index (Phi) is 25.5. The van der Waals surface area contributed by atoms with Gasteiger partial charge in [0.2, 0.25) is 47.3 Å². The first-order chi connectivity index (χ1) is 37.8. The highest BCUT2D eigenvalue weighted by Gasteiger charge is 2.51. The number of aliphatic hydroxyl groups excluding tert-OH is 8. The number of unbranched alkanes of at least 4 members (excludes halogenated alkanes) is 5. The highest BCUT2D eigenvalue weighted by atomic mass is 32.3. The van der Waals surface area contributed by atoms with Crippen molar-refractivity contribution in [2.45, 2.75) is 203 Å². The van der Waals surface area contributed by atoms with E-state index in [1.165, 1.54) is 6.92 Å². The molecule has 3 aliphatic heterocycles. The maximum Gasteiger partial charge on any atom is 0.446 e. The summed E-state index contributed by atoms with van der Waals surface area (Å²) in [4.78, 5) is 113. The molecule has 17 atom stereocenters. The SMILES string of the molecule is CC[C@H](C)C[C@@H](C)CCCCCCCCC(=O)N[C@H]1C[C@@H](O)[C@@H](O)NC(=O)[C@@H]2[C@@H](O)[C@@H](C)CN2C(=O)[C@H]([C@H](O)CC(N)=O)NC(=O)[C@@H]([C@H](O)[C@H](O)c2ccc(O)c(OS(=O)(=O)O)c2)NC(=O)[C@@H]2C[C@@H](O)CN2C(=O)[C@H]([C@@H](C)O)NC1=O. The summed E-state index contributed by atoms with van der Waals surface area (Å²) in [5.74, 6) is -12.0. The predicted octanol–water partition coefficient (Wildman–Crippen LogP) is -3.91. The molecule has 3 aliphatic rings. The van der Waals surface area contributed by atoms with E-state index in [9.17, 15) is 97.3 Å². The first-order valence-corrected chi connectivity index (χ1v) is 28.6. The maximum absolute atomic E-state index is 14.6. The summed E-state index contributed by atoms with van der Waals surface area (Å²) in [5, 5.41) is 111. The zero-order chi connectivity index (χ0) is 60.8. The maximum atomic E-state index is 14.6. The highest BCUT2D eigenvalue weighted by Crippen LogP contribution is 2.33. The summed E-state index contributed by atoms with van der Waals surface area (Å²) in [6, 6.07) is -10.5. The van der Waals surface area contributed by atoms with Gasteiger partial charge in [-0.25, -0.2) is 0 Å². The van der Waals surface area contributed by atoms with E-state index in [0.717, 1.165) is 64.0 Å². The van der Waals surface area contributed by atoms with E-state index in [2.05, 4.69) is 40.9 Å². The molecule has 4 rings (SSSR count). The molecular weight excluding hydrogens is 1090 g/mol. The molecule has 3 fully saturated rings. The average Bonchev–Trinajstić information content (AvgIpc) is 4.12. The van der Waals surface area contributed by atoms with E-state index in [1.54, 1.807) is 0 Å². The molecule has 0 unspecified atom stereocenters. The number of amides is 8. The minimum absolute atomic E-state index is 0.119. The first-order valence-electron chi connectivity index (χ1n) is 27.2. The van der Waals surface area contributed by atoms with Crippen molar-refractivity contribution in [2.24, 2.45) is 23.5 Å². The van der Waals surface area contributed by atoms with Crippen LogP contribution in [0.25, 0.3) is 0 Å². The van der Waals surface area contributed by atoms with Crippen LogP contribution in [0.15, 0.2) is 18.2 Å². The van der Waals surface area contributed by atoms with E-state index in [1.807, 2.05) is 10.6 Å². The molecule has 81 heavy (non-hydrogen) atoms. The van der Waals surface area contributed by atoms with Gasteiger partial charge in [0.15, 0.2) is 17.7 Å². The lowest BCUT2D eigenvalue weighted by Crippen LogP contribution is -2.64. The highest BCUT2D eigenvalue weighted by molar-refractivity contribution is 7.81. The van der Waals surface area contributed by atoms with Gasteiger partial charge >= 0.3 is 10.4 Å². The summed E-state index contributed by atoms with van der Waals surface area (Å²) in [6.07, 6.45) is -11.6. The molecular formula is C51H82N8O21S. The van der Waals surface area contributed by atoms with E-state index in [4.69, 9.17) is 5.73 Å². The van der Waals surface area contributed by atoms with Crippen molar-refractivity contribution in [1.82, 2.24) is 36.4 Å². The van der Waals surface area contributed by atoms with E-state index < -0.39 is 198 Å². The second-order valence-electron chi connectivity index (χ2n) is 21.8. The molecule has 1 aromatic carbocycles. The van der Waals surface area contributed by atoms with Gasteiger partial charge in [0.25, 0.3) is 0 Å². The van der Waals surface area contributed by atoms with Crippen molar-refractivity contribution in [3.8, 4) is 11.5 Å². The number of phenols is 1. The number of hydrogen-bond donors (Lipinski definition) is 16. The molecule has 8 amide bonds. The molecule has 3 heterocycles. The number of rotatable bonds is 22. The summed E-state index contributed by atoms with van der Waals surface area (Å²) in [7, 11) is -5.33. The lowest BCUT2D eigenvalue weighted by Gasteiger charge is -2.34. The number of phenolic OH excluding ortho intramolecular Hbond substituents is 1. The predicted molar refractivity (Wildman–Crippen MR) is 282 cm³/mol. The largest absolute Gasteiger partial charge is 0.504 e. The average molecular weight is 1180 g/mol.